The highest BCUT2D eigenvalue weighted by atomic mass is 32.2. The zero-order valence-electron chi connectivity index (χ0n) is 31.1. The molecule has 2 saturated carbocycles. The Morgan fingerprint density at radius 3 is 2.56 bits per heavy atom. The van der Waals surface area contributed by atoms with E-state index in [9.17, 15) is 27.6 Å². The lowest BCUT2D eigenvalue weighted by Crippen LogP contribution is -2.57. The van der Waals surface area contributed by atoms with Crippen molar-refractivity contribution in [3.05, 3.63) is 47.7 Å². The van der Waals surface area contributed by atoms with Crippen LogP contribution in [-0.4, -0.2) is 76.6 Å². The average molecular weight is 787 g/mol. The van der Waals surface area contributed by atoms with E-state index in [0.717, 1.165) is 12.8 Å². The maximum atomic E-state index is 16.6. The van der Waals surface area contributed by atoms with Crippen LogP contribution >= 0.6 is 0 Å². The summed E-state index contributed by atoms with van der Waals surface area (Å²) < 4.78 is 72.5. The van der Waals surface area contributed by atoms with Crippen LogP contribution in [0.25, 0.3) is 10.9 Å². The normalized spacial score (nSPS) is 30.3. The molecular formula is C40H52F2N4O8S. The van der Waals surface area contributed by atoms with Crippen LogP contribution in [0.3, 0.4) is 0 Å². The molecule has 5 aliphatic rings. The lowest BCUT2D eigenvalue weighted by atomic mass is 9.84. The van der Waals surface area contributed by atoms with Crippen LogP contribution in [0.2, 0.25) is 0 Å². The molecule has 300 valence electrons. The molecule has 0 bridgehead atoms. The van der Waals surface area contributed by atoms with E-state index in [2.05, 4.69) is 15.0 Å². The molecule has 3 fully saturated rings. The molecule has 0 radical (unpaired) electrons. The monoisotopic (exact) mass is 786 g/mol. The smallest absolute Gasteiger partial charge is 0.306 e. The van der Waals surface area contributed by atoms with Gasteiger partial charge in [0.25, 0.3) is 11.8 Å². The number of nitrogens with one attached hydrogen (secondary N) is 2. The van der Waals surface area contributed by atoms with Gasteiger partial charge in [-0.1, -0.05) is 50.6 Å². The number of aryl methyl sites for hydroxylation is 1. The Morgan fingerprint density at radius 1 is 1.13 bits per heavy atom. The predicted molar refractivity (Wildman–Crippen MR) is 200 cm³/mol. The molecule has 15 heteroatoms. The van der Waals surface area contributed by atoms with Gasteiger partial charge in [0.15, 0.2) is 5.75 Å². The molecule has 7 rings (SSSR count). The number of carbonyl (C=O) groups excluding carboxylic acids is 4. The summed E-state index contributed by atoms with van der Waals surface area (Å²) in [5.41, 5.74) is -3.07. The molecule has 4 heterocycles. The van der Waals surface area contributed by atoms with Gasteiger partial charge in [-0.25, -0.2) is 22.2 Å². The van der Waals surface area contributed by atoms with Gasteiger partial charge < -0.3 is 19.7 Å². The molecule has 0 unspecified atom stereocenters. The standard InChI is InChI=1S/C39H48F2N4O8S.CH4/c1-23(2)52-30(46)18-25-12-8-6-5-7-9-13-26-19-38(26,35(49)44-54(50,51)36(4)16-17-36)43-33(47)29-20-37(22-45(29)34(25)48)21-39(40,41)31-27-14-10-11-15-28(27)42-24(3)32(31)53-37;/h9-11,13-15,23,25-26,29H,5-8,12,16-22H2,1-4H3,(H,43,47)(H,44,49);1H4/b13-9-;/t25-,26-,29+,37+,38-;/m1./s1. The van der Waals surface area contributed by atoms with Crippen LogP contribution in [0.4, 0.5) is 8.78 Å². The first-order valence-corrected chi connectivity index (χ1v) is 20.4. The lowest BCUT2D eigenvalue weighted by Gasteiger charge is -2.40. The largest absolute Gasteiger partial charge is 0.483 e. The minimum Gasteiger partial charge on any atom is -0.483 e. The third-order valence-electron chi connectivity index (χ3n) is 11.7. The maximum absolute atomic E-state index is 16.6. The third-order valence-corrected chi connectivity index (χ3v) is 13.9. The molecule has 5 atom stereocenters. The fourth-order valence-corrected chi connectivity index (χ4v) is 9.69. The summed E-state index contributed by atoms with van der Waals surface area (Å²) in [6, 6.07) is 5.17. The first-order chi connectivity index (χ1) is 25.4. The van der Waals surface area contributed by atoms with E-state index in [1.54, 1.807) is 58.0 Å². The second-order valence-corrected chi connectivity index (χ2v) is 18.6. The number of hydrogen-bond acceptors (Lipinski definition) is 9. The van der Waals surface area contributed by atoms with E-state index in [-0.39, 0.29) is 49.1 Å². The molecular weight excluding hydrogens is 735 g/mol. The van der Waals surface area contributed by atoms with Gasteiger partial charge in [-0.15, -0.1) is 0 Å². The highest BCUT2D eigenvalue weighted by molar-refractivity contribution is 7.91. The summed E-state index contributed by atoms with van der Waals surface area (Å²) in [5, 5.41) is 3.03. The number of esters is 1. The lowest BCUT2D eigenvalue weighted by molar-refractivity contribution is -0.153. The number of nitrogens with zero attached hydrogens (tertiary/aromatic N) is 2. The Morgan fingerprint density at radius 2 is 1.85 bits per heavy atom. The predicted octanol–water partition coefficient (Wildman–Crippen LogP) is 5.74. The number of alkyl halides is 2. The number of sulfonamides is 1. The van der Waals surface area contributed by atoms with Crippen molar-refractivity contribution in [3.8, 4) is 5.75 Å². The summed E-state index contributed by atoms with van der Waals surface area (Å²) >= 11 is 0. The van der Waals surface area contributed by atoms with Crippen molar-refractivity contribution in [1.82, 2.24) is 19.9 Å². The van der Waals surface area contributed by atoms with Crippen molar-refractivity contribution in [1.29, 1.82) is 0 Å². The second kappa shape index (κ2) is 14.4. The van der Waals surface area contributed by atoms with Crippen molar-refractivity contribution >= 4 is 44.6 Å². The summed E-state index contributed by atoms with van der Waals surface area (Å²) in [6.45, 7) is 6.12. The first-order valence-electron chi connectivity index (χ1n) is 18.9. The Balaban J connectivity index is 0.00000514. The van der Waals surface area contributed by atoms with Gasteiger partial charge in [0.1, 0.15) is 17.2 Å². The number of fused-ring (bicyclic) bond motifs is 5. The molecule has 3 aliphatic heterocycles. The summed E-state index contributed by atoms with van der Waals surface area (Å²) in [6.07, 6.45) is 5.72. The van der Waals surface area contributed by atoms with Gasteiger partial charge >= 0.3 is 5.97 Å². The number of hydrogen-bond donors (Lipinski definition) is 2. The van der Waals surface area contributed by atoms with Gasteiger partial charge in [-0.3, -0.25) is 23.9 Å². The average Bonchev–Trinajstić information content (AvgIpc) is 3.97. The van der Waals surface area contributed by atoms with Gasteiger partial charge in [-0.2, -0.15) is 0 Å². The third kappa shape index (κ3) is 7.57. The quantitative estimate of drug-likeness (QED) is 0.275. The summed E-state index contributed by atoms with van der Waals surface area (Å²) in [7, 11) is -4.06. The number of benzene rings is 1. The summed E-state index contributed by atoms with van der Waals surface area (Å²) in [5.74, 6) is -7.86. The van der Waals surface area contributed by atoms with Gasteiger partial charge in [0.2, 0.25) is 21.8 Å². The van der Waals surface area contributed by atoms with Crippen LogP contribution in [0, 0.1) is 18.8 Å². The van der Waals surface area contributed by atoms with Crippen LogP contribution in [-0.2, 0) is 39.9 Å². The van der Waals surface area contributed by atoms with Crippen molar-refractivity contribution in [3.63, 3.8) is 0 Å². The number of rotatable bonds is 6. The minimum atomic E-state index is -4.06. The zero-order valence-corrected chi connectivity index (χ0v) is 31.9. The Bertz CT molecular complexity index is 2040. The number of pyridine rings is 1. The topological polar surface area (TPSA) is 161 Å². The van der Waals surface area contributed by atoms with Gasteiger partial charge in [0, 0.05) is 23.6 Å². The highest BCUT2D eigenvalue weighted by Gasteiger charge is 2.65. The van der Waals surface area contributed by atoms with E-state index in [1.807, 2.05) is 6.08 Å². The molecule has 2 aromatic rings. The van der Waals surface area contributed by atoms with Crippen molar-refractivity contribution in [2.24, 2.45) is 11.8 Å². The first kappa shape index (κ1) is 40.5. The number of allylic oxidation sites excluding steroid dienone is 1. The zero-order chi connectivity index (χ0) is 38.8. The maximum Gasteiger partial charge on any atom is 0.306 e. The van der Waals surface area contributed by atoms with E-state index >= 15 is 8.78 Å². The molecule has 55 heavy (non-hydrogen) atoms. The second-order valence-electron chi connectivity index (χ2n) is 16.4. The fraction of sp³-hybridized carbons (Fsp3) is 0.625. The molecule has 2 aliphatic carbocycles. The fourth-order valence-electron chi connectivity index (χ4n) is 8.38. The molecule has 1 aromatic carbocycles. The highest BCUT2D eigenvalue weighted by Crippen LogP contribution is 2.54. The minimum absolute atomic E-state index is 0. The van der Waals surface area contributed by atoms with Crippen molar-refractivity contribution < 1.29 is 45.9 Å². The van der Waals surface area contributed by atoms with Crippen molar-refractivity contribution in [2.45, 2.75) is 140 Å². The molecule has 12 nitrogen and oxygen atoms in total. The number of carbonyl (C=O) groups is 4. The number of aromatic nitrogens is 1. The van der Waals surface area contributed by atoms with Crippen LogP contribution in [0.15, 0.2) is 36.4 Å². The SMILES string of the molecule is C.Cc1nc2ccccc2c2c1O[C@@]1(C[C@H]3C(=O)N[C@]4(C(=O)NS(=O)(=O)C5(C)CC5)C[C@H]4/C=C\CCCCC[C@H](CC(=O)OC(C)C)C(=O)N3C1)CC2(F)F. The molecule has 1 aromatic heterocycles. The van der Waals surface area contributed by atoms with Crippen LogP contribution in [0.1, 0.15) is 110 Å². The molecule has 1 spiro atoms. The van der Waals surface area contributed by atoms with Crippen LogP contribution < -0.4 is 14.8 Å². The van der Waals surface area contributed by atoms with Crippen molar-refractivity contribution in [2.75, 3.05) is 6.54 Å². The van der Waals surface area contributed by atoms with Gasteiger partial charge in [-0.05, 0) is 72.3 Å². The molecule has 3 amide bonds. The number of halogens is 2. The number of amides is 3. The van der Waals surface area contributed by atoms with Crippen LogP contribution in [0.5, 0.6) is 5.75 Å². The van der Waals surface area contributed by atoms with E-state index < -0.39 is 92.5 Å². The Hall–Kier alpha value is -4.14. The molecule has 1 saturated heterocycles. The number of ether oxygens (including phenoxy) is 2. The van der Waals surface area contributed by atoms with E-state index in [0.29, 0.717) is 37.6 Å². The number of para-hydroxylation sites is 1. The Kier molecular flexibility index (Phi) is 10.6. The Labute approximate surface area is 321 Å². The van der Waals surface area contributed by atoms with E-state index in [1.165, 1.54) is 4.90 Å². The molecule has 2 N–H and O–H groups in total. The van der Waals surface area contributed by atoms with E-state index in [4.69, 9.17) is 9.47 Å². The van der Waals surface area contributed by atoms with Gasteiger partial charge in [0.05, 0.1) is 47.0 Å². The summed E-state index contributed by atoms with van der Waals surface area (Å²) in [4.78, 5) is 61.7.